The Kier molecular flexibility index (Phi) is 21.9. The van der Waals surface area contributed by atoms with Gasteiger partial charge in [0.15, 0.2) is 0 Å². The molecule has 8 nitrogen and oxygen atoms in total. The third-order valence-corrected chi connectivity index (χ3v) is 23.3. The summed E-state index contributed by atoms with van der Waals surface area (Å²) in [5, 5.41) is 47.9. The first-order valence-corrected chi connectivity index (χ1v) is 37.3. The van der Waals surface area contributed by atoms with Gasteiger partial charge in [-0.2, -0.15) is 24.8 Å². The zero-order valence-corrected chi connectivity index (χ0v) is 67.6. The van der Waals surface area contributed by atoms with E-state index in [-0.39, 0.29) is 34.1 Å². The summed E-state index contributed by atoms with van der Waals surface area (Å²) in [4.78, 5) is 0. The van der Waals surface area contributed by atoms with Crippen LogP contribution >= 0.6 is 31.9 Å². The van der Waals surface area contributed by atoms with Gasteiger partial charge in [-0.3, -0.25) is 0 Å². The summed E-state index contributed by atoms with van der Waals surface area (Å²) >= 11 is 7.80. The fourth-order valence-electron chi connectivity index (χ4n) is 15.2. The maximum atomic E-state index is 5.58. The van der Waals surface area contributed by atoms with Crippen LogP contribution in [-0.4, -0.2) is 0 Å². The summed E-state index contributed by atoms with van der Waals surface area (Å²) in [5.74, 6) is 14.3. The van der Waals surface area contributed by atoms with Crippen LogP contribution in [0, 0.1) is 121 Å². The number of fused-ring (bicyclic) bond motifs is 12. The smallest absolute Gasteiger partial charge is 0.665 e. The van der Waals surface area contributed by atoms with E-state index in [0.717, 1.165) is 152 Å². The molecule has 0 amide bonds. The van der Waals surface area contributed by atoms with E-state index in [0.29, 0.717) is 0 Å². The molecule has 8 aliphatic heterocycles. The first-order valence-electron chi connectivity index (χ1n) is 35.7. The van der Waals surface area contributed by atoms with Crippen LogP contribution in [0.4, 0.5) is 45.5 Å². The third-order valence-electron chi connectivity index (χ3n) is 21.0. The Labute approximate surface area is 671 Å². The van der Waals surface area contributed by atoms with Crippen LogP contribution in [0.1, 0.15) is 111 Å². The van der Waals surface area contributed by atoms with Gasteiger partial charge in [0, 0.05) is 31.2 Å². The molecule has 17 rings (SSSR count). The maximum absolute atomic E-state index is 5.58. The SMILES string of the molecule is C1=C[N-]c2c3c(ccc2=C1)=CC=C[N-]3.C1=C[N-]c2c3c(ccc2=C1)=CC=C[N-]3.Cc1cc(C)c(C2=CC=c3ccc4c(c3[N-]2)[N-]C(c2c(C)c(C)c(Br)c(C)c2C)=C(C#Cc2ccc(C#CC3=C(c5c(C)c(C)c(Br)c(C)c5C)[N-]c5c6c(ccc5=C3)=CC=C(c3c(C)cc(C)cc3C)[N-]6)cc2)C=4)c(C)c1.[Cu+].[Cu+]. The van der Waals surface area contributed by atoms with Crippen molar-refractivity contribution in [2.75, 3.05) is 0 Å². The normalized spacial score (nSPS) is 14.0. The second-order valence-electron chi connectivity index (χ2n) is 28.0. The van der Waals surface area contributed by atoms with Crippen molar-refractivity contribution in [1.82, 2.24) is 0 Å². The van der Waals surface area contributed by atoms with Crippen LogP contribution < -0.4 is 41.7 Å². The first-order chi connectivity index (χ1) is 51.2. The Morgan fingerprint density at radius 2 is 0.537 bits per heavy atom. The van der Waals surface area contributed by atoms with Crippen molar-refractivity contribution in [3.8, 4) is 23.7 Å². The van der Waals surface area contributed by atoms with Gasteiger partial charge in [0.05, 0.1) is 0 Å². The van der Waals surface area contributed by atoms with E-state index in [1.54, 1.807) is 24.8 Å². The van der Waals surface area contributed by atoms with Crippen molar-refractivity contribution in [3.63, 3.8) is 0 Å². The fraction of sp³-hybridized carbons (Fsp3) is 0.146. The van der Waals surface area contributed by atoms with Crippen molar-refractivity contribution in [2.45, 2.75) is 96.9 Å². The molecule has 108 heavy (non-hydrogen) atoms. The molecule has 0 aliphatic carbocycles. The van der Waals surface area contributed by atoms with Crippen LogP contribution in [0.5, 0.6) is 0 Å². The molecule has 0 bridgehead atoms. The summed E-state index contributed by atoms with van der Waals surface area (Å²) in [7, 11) is 0. The predicted molar refractivity (Wildman–Crippen MR) is 457 cm³/mol. The number of nitrogens with zero attached hydrogens (tertiary/aromatic N) is 8. The molecule has 9 aromatic carbocycles. The molecule has 0 N–H and O–H groups in total. The number of allylic oxidation sites excluding steroid dienone is 8. The number of hydrogen-bond acceptors (Lipinski definition) is 0. The quantitative estimate of drug-likeness (QED) is 0.123. The van der Waals surface area contributed by atoms with Crippen LogP contribution in [0.3, 0.4) is 0 Å². The van der Waals surface area contributed by atoms with Crippen molar-refractivity contribution in [1.29, 1.82) is 0 Å². The standard InChI is InChI=1S/C72H60Br2N4.2C12H8N2.2Cu/c1-37-31-39(3)61(40(4)32-37)59-29-27-53-23-25-57-35-55(67(77-71(57)69(53)75-59)63-43(7)47(11)65(73)48(12)44(63)8)21-19-51-15-17-52(18-16-51)20-22-56-36-58-26-24-54-28-30-60(62-41(5)33-38(2)34-42(62)6)76-70(54)72(58)78-68(56)64-45(9)49(13)66(74)50(14)46(64)10;2*1-3-9-5-6-10-4-2-8-14-12(10)11(9)13-7-1;;/h15-18,23-36H,1-14H3;2*1-8H;;/q-4;2*-2;2*+1. The molecule has 12 heteroatoms. The van der Waals surface area contributed by atoms with Crippen molar-refractivity contribution in [2.24, 2.45) is 0 Å². The molecule has 0 atom stereocenters. The molecule has 8 aliphatic rings. The summed E-state index contributed by atoms with van der Waals surface area (Å²) in [6.45, 7) is 30.4. The third kappa shape index (κ3) is 14.3. The molecule has 0 saturated carbocycles. The Bertz CT molecular complexity index is 5800. The molecule has 0 unspecified atom stereocenters. The number of benzene rings is 9. The monoisotopic (exact) mass is 1620 g/mol. The minimum atomic E-state index is 0. The van der Waals surface area contributed by atoms with Crippen LogP contribution in [0.25, 0.3) is 114 Å². The molecule has 0 spiro atoms. The maximum Gasteiger partial charge on any atom is 1.00 e. The number of rotatable bonds is 4. The van der Waals surface area contributed by atoms with Crippen LogP contribution in [0.2, 0.25) is 0 Å². The van der Waals surface area contributed by atoms with Gasteiger partial charge in [-0.15, -0.1) is 68.3 Å². The summed E-state index contributed by atoms with van der Waals surface area (Å²) in [6.07, 6.45) is 36.2. The minimum absolute atomic E-state index is 0. The largest absolute Gasteiger partial charge is 1.00 e. The molecule has 0 aromatic heterocycles. The topological polar surface area (TPSA) is 113 Å². The van der Waals surface area contributed by atoms with Gasteiger partial charge < -0.3 is 42.5 Å². The van der Waals surface area contributed by atoms with Gasteiger partial charge in [0.2, 0.25) is 0 Å². The van der Waals surface area contributed by atoms with E-state index >= 15 is 0 Å². The fourth-order valence-corrected chi connectivity index (χ4v) is 16.4. The summed E-state index contributed by atoms with van der Waals surface area (Å²) in [6, 6.07) is 34.1. The summed E-state index contributed by atoms with van der Waals surface area (Å²) < 4.78 is 2.25. The predicted octanol–water partition coefficient (Wildman–Crippen LogP) is 22.4. The molecule has 542 valence electrons. The molecule has 8 heterocycles. The zero-order valence-electron chi connectivity index (χ0n) is 62.6. The minimum Gasteiger partial charge on any atom is -0.665 e. The Balaban J connectivity index is 0.000000281. The average Bonchev–Trinajstić information content (AvgIpc) is 0.745. The van der Waals surface area contributed by atoms with Crippen molar-refractivity contribution >= 4 is 149 Å². The van der Waals surface area contributed by atoms with Gasteiger partial charge in [-0.1, -0.05) is 212 Å². The van der Waals surface area contributed by atoms with E-state index in [4.69, 9.17) is 21.3 Å². The molecular formula is C96H76Br2Cu2N8-6. The molecule has 0 radical (unpaired) electrons. The van der Waals surface area contributed by atoms with E-state index in [9.17, 15) is 0 Å². The van der Waals surface area contributed by atoms with Crippen molar-refractivity contribution < 1.29 is 34.1 Å². The van der Waals surface area contributed by atoms with Gasteiger partial charge in [-0.25, -0.2) is 0 Å². The van der Waals surface area contributed by atoms with Crippen LogP contribution in [-0.2, 0) is 34.1 Å². The zero-order chi connectivity index (χ0) is 73.9. The van der Waals surface area contributed by atoms with Gasteiger partial charge in [-0.05, 0) is 264 Å². The van der Waals surface area contributed by atoms with Gasteiger partial charge in [0.25, 0.3) is 0 Å². The van der Waals surface area contributed by atoms with Crippen LogP contribution in [0.15, 0.2) is 178 Å². The second-order valence-corrected chi connectivity index (χ2v) is 29.6. The Morgan fingerprint density at radius 3 is 0.833 bits per heavy atom. The van der Waals surface area contributed by atoms with E-state index < -0.39 is 0 Å². The van der Waals surface area contributed by atoms with E-state index in [1.165, 1.54) is 89.0 Å². The molecule has 0 fully saturated rings. The Hall–Kier alpha value is -10.6. The first kappa shape index (κ1) is 75.6. The number of aryl methyl sites for hydroxylation is 6. The summed E-state index contributed by atoms with van der Waals surface area (Å²) in [5.41, 5.74) is 35.8. The number of halogens is 2. The average molecular weight is 1630 g/mol. The number of hydrogen-bond donors (Lipinski definition) is 0. The molecular weight excluding hydrogens is 1550 g/mol. The van der Waals surface area contributed by atoms with E-state index in [1.807, 2.05) is 24.3 Å². The van der Waals surface area contributed by atoms with Gasteiger partial charge in [0.1, 0.15) is 0 Å². The van der Waals surface area contributed by atoms with E-state index in [2.05, 4.69) is 332 Å². The Morgan fingerprint density at radius 1 is 0.269 bits per heavy atom. The molecule has 0 saturated heterocycles. The second kappa shape index (κ2) is 31.3. The van der Waals surface area contributed by atoms with Gasteiger partial charge >= 0.3 is 34.1 Å². The van der Waals surface area contributed by atoms with Crippen molar-refractivity contribution in [3.05, 3.63) is 374 Å². The molecule has 9 aromatic rings.